The van der Waals surface area contributed by atoms with Crippen LogP contribution in [0.15, 0.2) is 23.2 Å². The molecule has 1 aromatic carbocycles. The topological polar surface area (TPSA) is 60.1 Å². The standard InChI is InChI=1S/C13H16F3N3O2/c1-19(6-8-7-21-12(17)18-8)9-3-4-11(20-2)10(5-9)13(14,15)16/h3-5,8H,6-7H2,1-2H3,(H2,17,18)/t8-/m0/s1. The molecule has 1 aliphatic rings. The van der Waals surface area contributed by atoms with Crippen molar-refractivity contribution >= 4 is 11.7 Å². The first-order valence-corrected chi connectivity index (χ1v) is 6.23. The van der Waals surface area contributed by atoms with Gasteiger partial charge in [0.2, 0.25) is 0 Å². The van der Waals surface area contributed by atoms with Crippen LogP contribution < -0.4 is 15.4 Å². The van der Waals surface area contributed by atoms with Gasteiger partial charge in [-0.2, -0.15) is 13.2 Å². The fraction of sp³-hybridized carbons (Fsp3) is 0.462. The summed E-state index contributed by atoms with van der Waals surface area (Å²) >= 11 is 0. The molecule has 1 aromatic rings. The van der Waals surface area contributed by atoms with E-state index in [1.807, 2.05) is 0 Å². The van der Waals surface area contributed by atoms with Gasteiger partial charge in [-0.1, -0.05) is 0 Å². The van der Waals surface area contributed by atoms with Crippen LogP contribution in [0.25, 0.3) is 0 Å². The molecule has 1 atom stereocenters. The molecule has 1 heterocycles. The third-order valence-electron chi connectivity index (χ3n) is 3.15. The predicted octanol–water partition coefficient (Wildman–Crippen LogP) is 1.86. The average molecular weight is 303 g/mol. The van der Waals surface area contributed by atoms with Gasteiger partial charge < -0.3 is 20.1 Å². The highest BCUT2D eigenvalue weighted by Gasteiger charge is 2.35. The van der Waals surface area contributed by atoms with Gasteiger partial charge in [-0.25, -0.2) is 4.99 Å². The van der Waals surface area contributed by atoms with Crippen LogP contribution in [0.1, 0.15) is 5.56 Å². The average Bonchev–Trinajstić information content (AvgIpc) is 2.82. The number of halogens is 3. The van der Waals surface area contributed by atoms with Gasteiger partial charge in [0.1, 0.15) is 18.4 Å². The lowest BCUT2D eigenvalue weighted by atomic mass is 10.1. The molecule has 2 N–H and O–H groups in total. The SMILES string of the molecule is COc1ccc(N(C)C[C@H]2COC(N)=N2)cc1C(F)(F)F. The number of benzene rings is 1. The smallest absolute Gasteiger partial charge is 0.420 e. The van der Waals surface area contributed by atoms with E-state index in [0.717, 1.165) is 6.07 Å². The Hall–Kier alpha value is -2.12. The van der Waals surface area contributed by atoms with Crippen LogP contribution >= 0.6 is 0 Å². The molecule has 5 nitrogen and oxygen atoms in total. The molecule has 0 unspecified atom stereocenters. The Balaban J connectivity index is 2.20. The lowest BCUT2D eigenvalue weighted by Crippen LogP contribution is -2.29. The van der Waals surface area contributed by atoms with Crippen molar-refractivity contribution in [2.45, 2.75) is 12.2 Å². The first kappa shape index (κ1) is 15.3. The molecule has 0 fully saturated rings. The zero-order valence-corrected chi connectivity index (χ0v) is 11.6. The second kappa shape index (κ2) is 5.71. The predicted molar refractivity (Wildman–Crippen MR) is 72.6 cm³/mol. The second-order valence-electron chi connectivity index (χ2n) is 4.70. The quantitative estimate of drug-likeness (QED) is 0.922. The van der Waals surface area contributed by atoms with Gasteiger partial charge in [0.05, 0.1) is 12.7 Å². The highest BCUT2D eigenvalue weighted by molar-refractivity contribution is 5.73. The highest BCUT2D eigenvalue weighted by Crippen LogP contribution is 2.38. The van der Waals surface area contributed by atoms with E-state index in [0.29, 0.717) is 18.8 Å². The molecule has 0 spiro atoms. The van der Waals surface area contributed by atoms with Crippen LogP contribution in [0, 0.1) is 0 Å². The first-order valence-electron chi connectivity index (χ1n) is 6.23. The molecule has 0 saturated heterocycles. The third-order valence-corrected chi connectivity index (χ3v) is 3.15. The van der Waals surface area contributed by atoms with Gasteiger partial charge >= 0.3 is 6.18 Å². The van der Waals surface area contributed by atoms with Crippen LogP contribution in [0.3, 0.4) is 0 Å². The Morgan fingerprint density at radius 2 is 2.19 bits per heavy atom. The lowest BCUT2D eigenvalue weighted by Gasteiger charge is -2.23. The molecule has 0 aromatic heterocycles. The summed E-state index contributed by atoms with van der Waals surface area (Å²) in [5.74, 6) is -0.203. The highest BCUT2D eigenvalue weighted by atomic mass is 19.4. The number of anilines is 1. The van der Waals surface area contributed by atoms with Crippen molar-refractivity contribution in [2.75, 3.05) is 32.2 Å². The first-order chi connectivity index (χ1) is 9.81. The zero-order chi connectivity index (χ0) is 15.6. The number of alkyl halides is 3. The summed E-state index contributed by atoms with van der Waals surface area (Å²) in [7, 11) is 2.90. The van der Waals surface area contributed by atoms with E-state index in [2.05, 4.69) is 4.99 Å². The fourth-order valence-electron chi connectivity index (χ4n) is 2.11. The molecular formula is C13H16F3N3O2. The minimum absolute atomic E-state index is 0.110. The number of ether oxygens (including phenoxy) is 2. The van der Waals surface area contributed by atoms with Gasteiger partial charge in [0.15, 0.2) is 0 Å². The van der Waals surface area contributed by atoms with E-state index < -0.39 is 11.7 Å². The van der Waals surface area contributed by atoms with E-state index in [1.54, 1.807) is 18.0 Å². The maximum absolute atomic E-state index is 13.0. The van der Waals surface area contributed by atoms with Crippen molar-refractivity contribution in [1.29, 1.82) is 0 Å². The van der Waals surface area contributed by atoms with Crippen LogP contribution in [0.2, 0.25) is 0 Å². The summed E-state index contributed by atoms with van der Waals surface area (Å²) in [6, 6.07) is 3.85. The van der Waals surface area contributed by atoms with Gasteiger partial charge in [0, 0.05) is 19.3 Å². The molecule has 2 rings (SSSR count). The van der Waals surface area contributed by atoms with Gasteiger partial charge in [-0.05, 0) is 18.2 Å². The molecule has 0 bridgehead atoms. The van der Waals surface area contributed by atoms with Gasteiger partial charge in [0.25, 0.3) is 6.02 Å². The van der Waals surface area contributed by atoms with E-state index in [1.165, 1.54) is 13.2 Å². The Morgan fingerprint density at radius 1 is 1.48 bits per heavy atom. The van der Waals surface area contributed by atoms with E-state index in [9.17, 15) is 13.2 Å². The molecule has 21 heavy (non-hydrogen) atoms. The Labute approximate surface area is 120 Å². The van der Waals surface area contributed by atoms with Crippen molar-refractivity contribution in [3.05, 3.63) is 23.8 Å². The molecule has 0 amide bonds. The zero-order valence-electron chi connectivity index (χ0n) is 11.6. The number of amidine groups is 1. The third kappa shape index (κ3) is 3.50. The molecular weight excluding hydrogens is 287 g/mol. The normalized spacial score (nSPS) is 18.1. The van der Waals surface area contributed by atoms with Gasteiger partial charge in [-0.3, -0.25) is 0 Å². The Bertz CT molecular complexity index is 546. The minimum atomic E-state index is -4.47. The monoisotopic (exact) mass is 303 g/mol. The number of hydrogen-bond acceptors (Lipinski definition) is 5. The van der Waals surface area contributed by atoms with Crippen LogP contribution in [-0.2, 0) is 10.9 Å². The summed E-state index contributed by atoms with van der Waals surface area (Å²) < 4.78 is 48.7. The Kier molecular flexibility index (Phi) is 4.15. The molecule has 0 aliphatic carbocycles. The molecule has 0 radical (unpaired) electrons. The Morgan fingerprint density at radius 3 is 2.71 bits per heavy atom. The summed E-state index contributed by atoms with van der Waals surface area (Å²) in [6.07, 6.45) is -4.47. The summed E-state index contributed by atoms with van der Waals surface area (Å²) in [5.41, 5.74) is 5.02. The number of nitrogens with two attached hydrogens (primary N) is 1. The summed E-state index contributed by atoms with van der Waals surface area (Å²) in [5, 5.41) is 0. The van der Waals surface area contributed by atoms with Crippen molar-refractivity contribution in [3.8, 4) is 5.75 Å². The van der Waals surface area contributed by atoms with E-state index >= 15 is 0 Å². The van der Waals surface area contributed by atoms with Crippen molar-refractivity contribution in [3.63, 3.8) is 0 Å². The number of nitrogens with zero attached hydrogens (tertiary/aromatic N) is 2. The molecule has 1 aliphatic heterocycles. The molecule has 8 heteroatoms. The van der Waals surface area contributed by atoms with Crippen LogP contribution in [0.5, 0.6) is 5.75 Å². The number of likely N-dealkylation sites (N-methyl/N-ethyl adjacent to an activating group) is 1. The summed E-state index contributed by atoms with van der Waals surface area (Å²) in [6.45, 7) is 0.739. The number of hydrogen-bond donors (Lipinski definition) is 1. The maximum atomic E-state index is 13.0. The second-order valence-corrected chi connectivity index (χ2v) is 4.70. The largest absolute Gasteiger partial charge is 0.496 e. The summed E-state index contributed by atoms with van der Waals surface area (Å²) in [4.78, 5) is 5.71. The number of aliphatic imine (C=N–C) groups is 1. The fourth-order valence-corrected chi connectivity index (χ4v) is 2.11. The number of rotatable bonds is 4. The maximum Gasteiger partial charge on any atom is 0.420 e. The van der Waals surface area contributed by atoms with Crippen LogP contribution in [0.4, 0.5) is 18.9 Å². The van der Waals surface area contributed by atoms with Crippen molar-refractivity contribution in [2.24, 2.45) is 10.7 Å². The van der Waals surface area contributed by atoms with E-state index in [-0.39, 0.29) is 17.8 Å². The molecule has 116 valence electrons. The lowest BCUT2D eigenvalue weighted by molar-refractivity contribution is -0.138. The van der Waals surface area contributed by atoms with Crippen molar-refractivity contribution in [1.82, 2.24) is 0 Å². The van der Waals surface area contributed by atoms with Crippen molar-refractivity contribution < 1.29 is 22.6 Å². The number of methoxy groups -OCH3 is 1. The minimum Gasteiger partial charge on any atom is -0.496 e. The van der Waals surface area contributed by atoms with Crippen LogP contribution in [-0.4, -0.2) is 39.4 Å². The van der Waals surface area contributed by atoms with Gasteiger partial charge in [-0.15, -0.1) is 0 Å². The van der Waals surface area contributed by atoms with E-state index in [4.69, 9.17) is 15.2 Å². The molecule has 0 saturated carbocycles.